The molecule has 1 unspecified atom stereocenters. The van der Waals surface area contributed by atoms with E-state index in [1.165, 1.54) is 6.26 Å². The maximum atomic E-state index is 12.7. The van der Waals surface area contributed by atoms with Gasteiger partial charge in [0.15, 0.2) is 9.84 Å². The van der Waals surface area contributed by atoms with Crippen molar-refractivity contribution >= 4 is 31.6 Å². The van der Waals surface area contributed by atoms with E-state index in [0.717, 1.165) is 59.7 Å². The van der Waals surface area contributed by atoms with Gasteiger partial charge in [0.25, 0.3) is 5.56 Å². The van der Waals surface area contributed by atoms with E-state index >= 15 is 0 Å². The third kappa shape index (κ3) is 3.79. The maximum Gasteiger partial charge on any atom is 0.257 e. The molecule has 160 valence electrons. The van der Waals surface area contributed by atoms with E-state index in [1.54, 1.807) is 0 Å². The lowest BCUT2D eigenvalue weighted by Crippen LogP contribution is -2.37. The van der Waals surface area contributed by atoms with Gasteiger partial charge < -0.3 is 9.97 Å². The molecular weight excluding hydrogens is 410 g/mol. The van der Waals surface area contributed by atoms with Gasteiger partial charge in [-0.05, 0) is 67.2 Å². The number of nitrogens with one attached hydrogen (secondary N) is 2. The van der Waals surface area contributed by atoms with E-state index in [4.69, 9.17) is 0 Å². The molecule has 0 saturated carbocycles. The number of sulfone groups is 1. The Labute approximate surface area is 180 Å². The molecule has 7 heteroatoms. The smallest absolute Gasteiger partial charge is 0.257 e. The molecule has 4 aromatic rings. The number of rotatable bonds is 4. The highest BCUT2D eigenvalue weighted by atomic mass is 32.2. The summed E-state index contributed by atoms with van der Waals surface area (Å²) >= 11 is 0. The van der Waals surface area contributed by atoms with Crippen molar-refractivity contribution in [3.63, 3.8) is 0 Å². The average molecular weight is 436 g/mol. The molecule has 1 fully saturated rings. The molecule has 1 atom stereocenters. The number of hydrogen-bond acceptors (Lipinski definition) is 4. The Bertz CT molecular complexity index is 1430. The molecule has 5 rings (SSSR count). The molecule has 0 spiro atoms. The summed E-state index contributed by atoms with van der Waals surface area (Å²) in [6, 6.07) is 17.2. The summed E-state index contributed by atoms with van der Waals surface area (Å²) in [6.45, 7) is 1.58. The largest absolute Gasteiger partial charge is 0.354 e. The number of piperidine rings is 1. The van der Waals surface area contributed by atoms with E-state index < -0.39 is 15.2 Å². The topological polar surface area (TPSA) is 86.0 Å². The first kappa shape index (κ1) is 20.0. The van der Waals surface area contributed by atoms with E-state index in [-0.39, 0.29) is 5.56 Å². The Morgan fingerprint density at radius 3 is 2.39 bits per heavy atom. The minimum absolute atomic E-state index is 0.159. The summed E-state index contributed by atoms with van der Waals surface area (Å²) in [7, 11) is -3.30. The number of fused-ring (bicyclic) bond motifs is 2. The summed E-state index contributed by atoms with van der Waals surface area (Å²) in [5.74, 6) is 0. The van der Waals surface area contributed by atoms with Crippen molar-refractivity contribution in [2.75, 3.05) is 19.3 Å². The summed E-state index contributed by atoms with van der Waals surface area (Å²) in [5, 5.41) is 1.21. The van der Waals surface area contributed by atoms with Crippen LogP contribution in [0.3, 0.4) is 0 Å². The number of likely N-dealkylation sites (tertiary alicyclic amines) is 1. The molecule has 2 N–H and O–H groups in total. The first-order valence-corrected chi connectivity index (χ1v) is 12.5. The fraction of sp³-hybridized carbons (Fsp3) is 0.292. The number of H-pyrrole nitrogens is 2. The standard InChI is InChI=1S/C24H25N3O3S/c1-31(29,30)24(27-11-5-2-6-12-27)17-9-10-21-18(13-17)15-22(25-21)19-14-16-7-3-4-8-20(16)26-23(19)28/h3-4,7-10,13-15,24-25H,2,5-6,11-12H2,1H3,(H,26,28). The Morgan fingerprint density at radius 1 is 0.871 bits per heavy atom. The van der Waals surface area contributed by atoms with Crippen molar-refractivity contribution in [1.82, 2.24) is 14.9 Å². The van der Waals surface area contributed by atoms with Gasteiger partial charge in [0.05, 0.1) is 11.3 Å². The zero-order valence-corrected chi connectivity index (χ0v) is 18.2. The monoisotopic (exact) mass is 435 g/mol. The highest BCUT2D eigenvalue weighted by Crippen LogP contribution is 2.32. The van der Waals surface area contributed by atoms with Gasteiger partial charge >= 0.3 is 0 Å². The van der Waals surface area contributed by atoms with Gasteiger partial charge in [0.2, 0.25) is 0 Å². The summed E-state index contributed by atoms with van der Waals surface area (Å²) < 4.78 is 25.3. The average Bonchev–Trinajstić information content (AvgIpc) is 3.16. The summed E-state index contributed by atoms with van der Waals surface area (Å²) in [5.41, 5.74) is 3.56. The van der Waals surface area contributed by atoms with Gasteiger partial charge in [-0.1, -0.05) is 30.7 Å². The van der Waals surface area contributed by atoms with Crippen LogP contribution in [-0.2, 0) is 9.84 Å². The fourth-order valence-electron chi connectivity index (χ4n) is 4.68. The minimum Gasteiger partial charge on any atom is -0.354 e. The molecule has 2 aromatic heterocycles. The lowest BCUT2D eigenvalue weighted by molar-refractivity contribution is 0.208. The van der Waals surface area contributed by atoms with Crippen LogP contribution in [0.1, 0.15) is 30.2 Å². The number of aromatic amines is 2. The van der Waals surface area contributed by atoms with Crippen LogP contribution in [0.4, 0.5) is 0 Å². The predicted molar refractivity (Wildman–Crippen MR) is 125 cm³/mol. The second-order valence-corrected chi connectivity index (χ2v) is 10.5. The molecule has 1 aliphatic rings. The molecule has 3 heterocycles. The van der Waals surface area contributed by atoms with Crippen molar-refractivity contribution in [2.45, 2.75) is 24.6 Å². The Morgan fingerprint density at radius 2 is 1.61 bits per heavy atom. The normalized spacial score (nSPS) is 16.7. The SMILES string of the molecule is CS(=O)(=O)C(c1ccc2[nH]c(-c3cc4ccccc4[nH]c3=O)cc2c1)N1CCCCC1. The van der Waals surface area contributed by atoms with Crippen LogP contribution in [0, 0.1) is 0 Å². The van der Waals surface area contributed by atoms with Crippen LogP contribution in [-0.4, -0.2) is 42.6 Å². The quantitative estimate of drug-likeness (QED) is 0.503. The lowest BCUT2D eigenvalue weighted by Gasteiger charge is -2.33. The Balaban J connectivity index is 1.59. The highest BCUT2D eigenvalue weighted by Gasteiger charge is 2.30. The molecule has 1 saturated heterocycles. The Kier molecular flexibility index (Phi) is 4.95. The third-order valence-corrected chi connectivity index (χ3v) is 7.48. The van der Waals surface area contributed by atoms with E-state index in [0.29, 0.717) is 11.3 Å². The van der Waals surface area contributed by atoms with E-state index in [9.17, 15) is 13.2 Å². The molecule has 2 aromatic carbocycles. The number of para-hydroxylation sites is 1. The predicted octanol–water partition coefficient (Wildman–Crippen LogP) is 4.21. The Hall–Kier alpha value is -2.90. The van der Waals surface area contributed by atoms with Crippen LogP contribution in [0.25, 0.3) is 33.1 Å². The number of pyridine rings is 1. The molecule has 0 bridgehead atoms. The van der Waals surface area contributed by atoms with Gasteiger partial charge in [-0.2, -0.15) is 0 Å². The molecule has 1 aliphatic heterocycles. The second-order valence-electron chi connectivity index (χ2n) is 8.41. The highest BCUT2D eigenvalue weighted by molar-refractivity contribution is 7.90. The molecule has 6 nitrogen and oxygen atoms in total. The molecule has 0 amide bonds. The molecule has 0 aliphatic carbocycles. The zero-order valence-electron chi connectivity index (χ0n) is 17.4. The van der Waals surface area contributed by atoms with Crippen molar-refractivity contribution < 1.29 is 8.42 Å². The first-order valence-electron chi connectivity index (χ1n) is 10.6. The molecule has 31 heavy (non-hydrogen) atoms. The molecular formula is C24H25N3O3S. The lowest BCUT2D eigenvalue weighted by atomic mass is 10.1. The summed E-state index contributed by atoms with van der Waals surface area (Å²) in [6.07, 6.45) is 4.50. The third-order valence-electron chi connectivity index (χ3n) is 6.10. The van der Waals surface area contributed by atoms with Gasteiger partial charge in [-0.25, -0.2) is 8.42 Å². The van der Waals surface area contributed by atoms with Crippen LogP contribution in [0.2, 0.25) is 0 Å². The first-order chi connectivity index (χ1) is 14.9. The van der Waals surface area contributed by atoms with Gasteiger partial charge in [0.1, 0.15) is 5.37 Å². The van der Waals surface area contributed by atoms with Gasteiger partial charge in [-0.3, -0.25) is 9.69 Å². The minimum atomic E-state index is -3.30. The zero-order chi connectivity index (χ0) is 21.6. The number of aromatic nitrogens is 2. The molecule has 0 radical (unpaired) electrons. The van der Waals surface area contributed by atoms with Crippen molar-refractivity contribution in [1.29, 1.82) is 0 Å². The fourth-order valence-corrected chi connectivity index (χ4v) is 6.07. The van der Waals surface area contributed by atoms with Crippen molar-refractivity contribution in [2.24, 2.45) is 0 Å². The number of hydrogen-bond donors (Lipinski definition) is 2. The number of benzene rings is 2. The van der Waals surface area contributed by atoms with Crippen LogP contribution in [0.5, 0.6) is 0 Å². The van der Waals surface area contributed by atoms with Crippen LogP contribution in [0.15, 0.2) is 59.4 Å². The van der Waals surface area contributed by atoms with Gasteiger partial charge in [0, 0.05) is 22.7 Å². The second kappa shape index (κ2) is 7.66. The van der Waals surface area contributed by atoms with Crippen LogP contribution < -0.4 is 5.56 Å². The summed E-state index contributed by atoms with van der Waals surface area (Å²) in [4.78, 5) is 21.0. The van der Waals surface area contributed by atoms with Crippen molar-refractivity contribution in [3.8, 4) is 11.3 Å². The maximum absolute atomic E-state index is 12.7. The van der Waals surface area contributed by atoms with E-state index in [2.05, 4.69) is 14.9 Å². The van der Waals surface area contributed by atoms with Gasteiger partial charge in [-0.15, -0.1) is 0 Å². The number of nitrogens with zero attached hydrogens (tertiary/aromatic N) is 1. The van der Waals surface area contributed by atoms with Crippen molar-refractivity contribution in [3.05, 3.63) is 70.5 Å². The van der Waals surface area contributed by atoms with E-state index in [1.807, 2.05) is 54.6 Å². The van der Waals surface area contributed by atoms with Crippen LogP contribution >= 0.6 is 0 Å².